The Balaban J connectivity index is 2.26. The van der Waals surface area contributed by atoms with E-state index in [4.69, 9.17) is 8.92 Å². The van der Waals surface area contributed by atoms with Crippen molar-refractivity contribution in [1.82, 2.24) is 0 Å². The molecule has 1 aliphatic rings. The van der Waals surface area contributed by atoms with Crippen LogP contribution in [0.5, 0.6) is 0 Å². The molecular formula is C12H15F3O7S. The molecule has 2 atom stereocenters. The highest BCUT2D eigenvalue weighted by Gasteiger charge is 2.38. The molecule has 1 fully saturated rings. The zero-order valence-corrected chi connectivity index (χ0v) is 12.9. The number of hydrogen-bond acceptors (Lipinski definition) is 7. The first-order valence-corrected chi connectivity index (χ1v) is 7.91. The van der Waals surface area contributed by atoms with Gasteiger partial charge in [-0.15, -0.1) is 0 Å². The average Bonchev–Trinajstić information content (AvgIpc) is 2.67. The van der Waals surface area contributed by atoms with Crippen LogP contribution in [0.15, 0.2) is 12.2 Å². The van der Waals surface area contributed by atoms with E-state index in [1.54, 1.807) is 0 Å². The highest BCUT2D eigenvalue weighted by molar-refractivity contribution is 7.87. The van der Waals surface area contributed by atoms with Crippen LogP contribution in [0.3, 0.4) is 0 Å². The third-order valence-electron chi connectivity index (χ3n) is 2.92. The van der Waals surface area contributed by atoms with Crippen molar-refractivity contribution in [2.45, 2.75) is 37.3 Å². The zero-order valence-electron chi connectivity index (χ0n) is 12.1. The van der Waals surface area contributed by atoms with E-state index in [0.29, 0.717) is 0 Å². The second-order valence-corrected chi connectivity index (χ2v) is 6.79. The van der Waals surface area contributed by atoms with Crippen molar-refractivity contribution in [3.05, 3.63) is 12.2 Å². The number of carbonyl (C=O) groups is 2. The van der Waals surface area contributed by atoms with Crippen LogP contribution in [0, 0.1) is 0 Å². The largest absolute Gasteiger partial charge is 0.463 e. The molecule has 11 heteroatoms. The maximum Gasteiger partial charge on any atom is 0.422 e. The Hall–Kier alpha value is -1.62. The smallest absolute Gasteiger partial charge is 0.422 e. The molecule has 0 spiro atoms. The predicted molar refractivity (Wildman–Crippen MR) is 69.6 cm³/mol. The van der Waals surface area contributed by atoms with Gasteiger partial charge in [-0.1, -0.05) is 6.58 Å². The summed E-state index contributed by atoms with van der Waals surface area (Å²) in [6, 6.07) is 0. The van der Waals surface area contributed by atoms with Crippen molar-refractivity contribution < 1.29 is 44.8 Å². The van der Waals surface area contributed by atoms with E-state index in [2.05, 4.69) is 11.3 Å². The Morgan fingerprint density at radius 2 is 1.91 bits per heavy atom. The molecule has 0 aromatic heterocycles. The molecule has 1 saturated heterocycles. The van der Waals surface area contributed by atoms with E-state index < -0.39 is 58.2 Å². The molecule has 1 heterocycles. The molecule has 0 bridgehead atoms. The van der Waals surface area contributed by atoms with Gasteiger partial charge in [-0.05, 0) is 13.3 Å². The monoisotopic (exact) mass is 360 g/mol. The van der Waals surface area contributed by atoms with Crippen molar-refractivity contribution in [3.63, 3.8) is 0 Å². The summed E-state index contributed by atoms with van der Waals surface area (Å²) in [7, 11) is -3.65. The van der Waals surface area contributed by atoms with Crippen molar-refractivity contribution in [2.24, 2.45) is 0 Å². The van der Waals surface area contributed by atoms with Crippen LogP contribution < -0.4 is 0 Å². The number of rotatable bonds is 6. The summed E-state index contributed by atoms with van der Waals surface area (Å²) in [5.41, 5.74) is -1.68. The second-order valence-electron chi connectivity index (χ2n) is 4.80. The first-order valence-electron chi connectivity index (χ1n) is 6.44. The lowest BCUT2D eigenvalue weighted by molar-refractivity contribution is -0.153. The van der Waals surface area contributed by atoms with Crippen molar-refractivity contribution >= 4 is 22.1 Å². The summed E-state index contributed by atoms with van der Waals surface area (Å²) >= 11 is 0. The number of halogens is 3. The van der Waals surface area contributed by atoms with Gasteiger partial charge in [-0.3, -0.25) is 8.98 Å². The van der Waals surface area contributed by atoms with E-state index in [9.17, 15) is 31.2 Å². The molecule has 0 aromatic rings. The summed E-state index contributed by atoms with van der Waals surface area (Å²) in [6.45, 7) is 3.06. The van der Waals surface area contributed by atoms with Gasteiger partial charge in [0.25, 0.3) is 10.1 Å². The van der Waals surface area contributed by atoms with Gasteiger partial charge in [0.05, 0.1) is 11.7 Å². The van der Waals surface area contributed by atoms with Gasteiger partial charge in [0.15, 0.2) is 0 Å². The minimum absolute atomic E-state index is 0.163. The van der Waals surface area contributed by atoms with E-state index in [0.717, 1.165) is 0 Å². The Bertz CT molecular complexity index is 582. The molecule has 0 aliphatic carbocycles. The molecule has 0 aromatic carbocycles. The van der Waals surface area contributed by atoms with E-state index in [1.807, 2.05) is 0 Å². The maximum atomic E-state index is 12.1. The molecule has 0 amide bonds. The van der Waals surface area contributed by atoms with Crippen molar-refractivity contribution in [1.29, 1.82) is 0 Å². The van der Waals surface area contributed by atoms with Gasteiger partial charge >= 0.3 is 18.1 Å². The predicted octanol–water partition coefficient (Wildman–Crippen LogP) is 1.09. The van der Waals surface area contributed by atoms with Gasteiger partial charge in [-0.2, -0.15) is 21.6 Å². The fourth-order valence-corrected chi connectivity index (χ4v) is 2.75. The standard InChI is InChI=1S/C12H15F3O7S/c1-7-5-9(22-23(7,18)19)6-21-10(16)3-4-20-11(17)8(2)12(13,14)15/h7,9H,2-6H2,1H3. The van der Waals surface area contributed by atoms with E-state index in [-0.39, 0.29) is 13.0 Å². The first-order chi connectivity index (χ1) is 10.4. The van der Waals surface area contributed by atoms with E-state index >= 15 is 0 Å². The Morgan fingerprint density at radius 1 is 1.30 bits per heavy atom. The number of alkyl halides is 3. The molecule has 0 saturated carbocycles. The van der Waals surface area contributed by atoms with Gasteiger partial charge in [0, 0.05) is 0 Å². The third-order valence-corrected chi connectivity index (χ3v) is 4.63. The van der Waals surface area contributed by atoms with Gasteiger partial charge in [0.1, 0.15) is 24.9 Å². The number of carbonyl (C=O) groups excluding carboxylic acids is 2. The molecule has 23 heavy (non-hydrogen) atoms. The highest BCUT2D eigenvalue weighted by atomic mass is 32.2. The van der Waals surface area contributed by atoms with Gasteiger partial charge in [0.2, 0.25) is 0 Å². The summed E-state index contributed by atoms with van der Waals surface area (Å²) in [5, 5.41) is -0.708. The van der Waals surface area contributed by atoms with Crippen LogP contribution >= 0.6 is 0 Å². The third kappa shape index (κ3) is 5.82. The van der Waals surface area contributed by atoms with Gasteiger partial charge in [-0.25, -0.2) is 4.79 Å². The van der Waals surface area contributed by atoms with Crippen molar-refractivity contribution in [3.8, 4) is 0 Å². The Morgan fingerprint density at radius 3 is 2.39 bits per heavy atom. The Kier molecular flexibility index (Phi) is 6.17. The van der Waals surface area contributed by atoms with Crippen LogP contribution in [0.4, 0.5) is 13.2 Å². The summed E-state index contributed by atoms with van der Waals surface area (Å²) < 4.78 is 72.6. The second kappa shape index (κ2) is 7.30. The van der Waals surface area contributed by atoms with Crippen LogP contribution in [0.25, 0.3) is 0 Å². The number of ether oxygens (including phenoxy) is 2. The van der Waals surface area contributed by atoms with E-state index in [1.165, 1.54) is 6.92 Å². The molecule has 132 valence electrons. The lowest BCUT2D eigenvalue weighted by Crippen LogP contribution is -2.23. The van der Waals surface area contributed by atoms with Crippen LogP contribution in [-0.2, 0) is 33.4 Å². The molecule has 1 aliphatic heterocycles. The summed E-state index contributed by atoms with van der Waals surface area (Å²) in [4.78, 5) is 22.3. The lowest BCUT2D eigenvalue weighted by atomic mass is 10.2. The topological polar surface area (TPSA) is 96.0 Å². The molecule has 2 unspecified atom stereocenters. The molecule has 0 N–H and O–H groups in total. The first kappa shape index (κ1) is 19.4. The molecule has 0 radical (unpaired) electrons. The fourth-order valence-electron chi connectivity index (χ4n) is 1.60. The zero-order chi connectivity index (χ0) is 17.8. The highest BCUT2D eigenvalue weighted by Crippen LogP contribution is 2.25. The minimum Gasteiger partial charge on any atom is -0.463 e. The minimum atomic E-state index is -4.90. The maximum absolute atomic E-state index is 12.1. The van der Waals surface area contributed by atoms with Gasteiger partial charge < -0.3 is 9.47 Å². The lowest BCUT2D eigenvalue weighted by Gasteiger charge is -2.11. The average molecular weight is 360 g/mol. The Labute approximate surface area is 130 Å². The SMILES string of the molecule is C=C(C(=O)OCCC(=O)OCC1CC(C)S(=O)(=O)O1)C(F)(F)F. The summed E-state index contributed by atoms with van der Waals surface area (Å²) in [6.07, 6.45) is -6.02. The number of esters is 2. The van der Waals surface area contributed by atoms with Crippen LogP contribution in [-0.4, -0.2) is 51.1 Å². The fraction of sp³-hybridized carbons (Fsp3) is 0.667. The summed E-state index contributed by atoms with van der Waals surface area (Å²) in [5.74, 6) is -2.54. The quantitative estimate of drug-likeness (QED) is 0.397. The normalized spacial score (nSPS) is 23.3. The molecular weight excluding hydrogens is 345 g/mol. The number of hydrogen-bond donors (Lipinski definition) is 0. The molecule has 1 rings (SSSR count). The van der Waals surface area contributed by atoms with Crippen LogP contribution in [0.2, 0.25) is 0 Å². The molecule has 7 nitrogen and oxygen atoms in total. The van der Waals surface area contributed by atoms with Crippen molar-refractivity contribution in [2.75, 3.05) is 13.2 Å². The van der Waals surface area contributed by atoms with Crippen LogP contribution in [0.1, 0.15) is 19.8 Å².